The van der Waals surface area contributed by atoms with E-state index in [-0.39, 0.29) is 0 Å². The highest BCUT2D eigenvalue weighted by Crippen LogP contribution is 2.24. The fourth-order valence-corrected chi connectivity index (χ4v) is 1.91. The Kier molecular flexibility index (Phi) is 5.99. The monoisotopic (exact) mass is 220 g/mol. The van der Waals surface area contributed by atoms with Crippen LogP contribution in [0.2, 0.25) is 0 Å². The summed E-state index contributed by atoms with van der Waals surface area (Å²) in [6.45, 7) is 7.42. The molecule has 0 amide bonds. The Bertz CT molecular complexity index is 304. The first-order valence-electron chi connectivity index (χ1n) is 6.50. The number of hydrogen-bond donors (Lipinski definition) is 0. The molecule has 0 saturated carbocycles. The average Bonchev–Trinajstić information content (AvgIpc) is 2.28. The molecule has 0 heterocycles. The van der Waals surface area contributed by atoms with E-state index in [1.165, 1.54) is 30.4 Å². The molecule has 1 aromatic carbocycles. The van der Waals surface area contributed by atoms with Crippen LogP contribution in [-0.2, 0) is 6.42 Å². The van der Waals surface area contributed by atoms with Crippen molar-refractivity contribution < 1.29 is 4.74 Å². The Balaban J connectivity index is 2.61. The largest absolute Gasteiger partial charge is 0.493 e. The van der Waals surface area contributed by atoms with Crippen molar-refractivity contribution >= 4 is 0 Å². The Morgan fingerprint density at radius 1 is 1.06 bits per heavy atom. The molecule has 0 fully saturated rings. The van der Waals surface area contributed by atoms with Gasteiger partial charge in [0.2, 0.25) is 0 Å². The Hall–Kier alpha value is -0.980. The smallest absolute Gasteiger partial charge is 0.125 e. The first kappa shape index (κ1) is 13.1. The molecule has 1 heteroatoms. The van der Waals surface area contributed by atoms with Crippen molar-refractivity contribution in [2.45, 2.75) is 52.9 Å². The molecule has 0 aromatic heterocycles. The third kappa shape index (κ3) is 3.88. The quantitative estimate of drug-likeness (QED) is 0.614. The van der Waals surface area contributed by atoms with Crippen LogP contribution in [0.3, 0.4) is 0 Å². The minimum absolute atomic E-state index is 0.857. The van der Waals surface area contributed by atoms with Gasteiger partial charge in [-0.05, 0) is 30.9 Å². The third-order valence-corrected chi connectivity index (χ3v) is 2.81. The highest BCUT2D eigenvalue weighted by Gasteiger charge is 2.05. The highest BCUT2D eigenvalue weighted by molar-refractivity contribution is 5.40. The fraction of sp³-hybridized carbons (Fsp3) is 0.600. The van der Waals surface area contributed by atoms with Crippen molar-refractivity contribution in [2.75, 3.05) is 6.61 Å². The SMILES string of the molecule is CCCCCOc1c(C)cccc1CCC. The van der Waals surface area contributed by atoms with Crippen molar-refractivity contribution in [2.24, 2.45) is 0 Å². The zero-order valence-corrected chi connectivity index (χ0v) is 10.9. The second-order valence-electron chi connectivity index (χ2n) is 4.37. The van der Waals surface area contributed by atoms with Gasteiger partial charge in [0, 0.05) is 0 Å². The van der Waals surface area contributed by atoms with Crippen LogP contribution in [0.5, 0.6) is 5.75 Å². The number of para-hydroxylation sites is 1. The van der Waals surface area contributed by atoms with Gasteiger partial charge in [0.25, 0.3) is 0 Å². The molecule has 1 aromatic rings. The second kappa shape index (κ2) is 7.32. The summed E-state index contributed by atoms with van der Waals surface area (Å²) in [6.07, 6.45) is 5.96. The molecule has 90 valence electrons. The summed E-state index contributed by atoms with van der Waals surface area (Å²) in [5.74, 6) is 1.13. The molecule has 0 unspecified atom stereocenters. The molecule has 0 bridgehead atoms. The van der Waals surface area contributed by atoms with Crippen LogP contribution in [-0.4, -0.2) is 6.61 Å². The van der Waals surface area contributed by atoms with Crippen LogP contribution in [0.15, 0.2) is 18.2 Å². The van der Waals surface area contributed by atoms with Gasteiger partial charge in [-0.2, -0.15) is 0 Å². The predicted octanol–water partition coefficient (Wildman–Crippen LogP) is 4.52. The maximum absolute atomic E-state index is 5.92. The minimum atomic E-state index is 0.857. The lowest BCUT2D eigenvalue weighted by molar-refractivity contribution is 0.301. The fourth-order valence-electron chi connectivity index (χ4n) is 1.91. The lowest BCUT2D eigenvalue weighted by Gasteiger charge is -2.13. The van der Waals surface area contributed by atoms with Gasteiger partial charge in [0.15, 0.2) is 0 Å². The summed E-state index contributed by atoms with van der Waals surface area (Å²) < 4.78 is 5.92. The summed E-state index contributed by atoms with van der Waals surface area (Å²) in [5, 5.41) is 0. The van der Waals surface area contributed by atoms with E-state index in [0.717, 1.165) is 25.2 Å². The molecule has 0 atom stereocenters. The van der Waals surface area contributed by atoms with Gasteiger partial charge >= 0.3 is 0 Å². The Morgan fingerprint density at radius 3 is 2.56 bits per heavy atom. The summed E-state index contributed by atoms with van der Waals surface area (Å²) in [4.78, 5) is 0. The van der Waals surface area contributed by atoms with Gasteiger partial charge in [-0.3, -0.25) is 0 Å². The van der Waals surface area contributed by atoms with Crippen LogP contribution >= 0.6 is 0 Å². The molecule has 0 radical (unpaired) electrons. The summed E-state index contributed by atoms with van der Waals surface area (Å²) in [5.41, 5.74) is 2.63. The van der Waals surface area contributed by atoms with E-state index in [2.05, 4.69) is 39.0 Å². The van der Waals surface area contributed by atoms with Crippen molar-refractivity contribution in [1.82, 2.24) is 0 Å². The van der Waals surface area contributed by atoms with Crippen molar-refractivity contribution in [3.8, 4) is 5.75 Å². The summed E-state index contributed by atoms with van der Waals surface area (Å²) in [6, 6.07) is 6.44. The van der Waals surface area contributed by atoms with Gasteiger partial charge in [-0.25, -0.2) is 0 Å². The number of aryl methyl sites for hydroxylation is 2. The van der Waals surface area contributed by atoms with Crippen LogP contribution in [0.1, 0.15) is 50.7 Å². The van der Waals surface area contributed by atoms with E-state index in [1.54, 1.807) is 0 Å². The lowest BCUT2D eigenvalue weighted by Crippen LogP contribution is -2.02. The summed E-state index contributed by atoms with van der Waals surface area (Å²) in [7, 11) is 0. The predicted molar refractivity (Wildman–Crippen MR) is 70.2 cm³/mol. The van der Waals surface area contributed by atoms with Gasteiger partial charge < -0.3 is 4.74 Å². The van der Waals surface area contributed by atoms with Gasteiger partial charge in [0.1, 0.15) is 5.75 Å². The number of unbranched alkanes of at least 4 members (excludes halogenated alkanes) is 2. The molecular weight excluding hydrogens is 196 g/mol. The van der Waals surface area contributed by atoms with E-state index in [4.69, 9.17) is 4.74 Å². The first-order chi connectivity index (χ1) is 7.79. The van der Waals surface area contributed by atoms with Crippen molar-refractivity contribution in [3.63, 3.8) is 0 Å². The molecule has 1 nitrogen and oxygen atoms in total. The van der Waals surface area contributed by atoms with Crippen molar-refractivity contribution in [1.29, 1.82) is 0 Å². The zero-order chi connectivity index (χ0) is 11.8. The molecule has 0 aliphatic carbocycles. The molecule has 0 aliphatic heterocycles. The van der Waals surface area contributed by atoms with Gasteiger partial charge in [-0.15, -0.1) is 0 Å². The first-order valence-corrected chi connectivity index (χ1v) is 6.50. The van der Waals surface area contributed by atoms with Crippen molar-refractivity contribution in [3.05, 3.63) is 29.3 Å². The topological polar surface area (TPSA) is 9.23 Å². The van der Waals surface area contributed by atoms with E-state index < -0.39 is 0 Å². The number of rotatable bonds is 7. The number of hydrogen-bond acceptors (Lipinski definition) is 1. The highest BCUT2D eigenvalue weighted by atomic mass is 16.5. The standard InChI is InChI=1S/C15H24O/c1-4-6-7-12-16-15-13(3)10-8-11-14(15)9-5-2/h8,10-11H,4-7,9,12H2,1-3H3. The van der Waals surface area contributed by atoms with Crippen LogP contribution < -0.4 is 4.74 Å². The Morgan fingerprint density at radius 2 is 1.88 bits per heavy atom. The minimum Gasteiger partial charge on any atom is -0.493 e. The molecule has 0 saturated heterocycles. The van der Waals surface area contributed by atoms with Crippen LogP contribution in [0, 0.1) is 6.92 Å². The third-order valence-electron chi connectivity index (χ3n) is 2.81. The molecular formula is C15H24O. The zero-order valence-electron chi connectivity index (χ0n) is 10.9. The molecule has 0 spiro atoms. The molecule has 0 aliphatic rings. The molecule has 0 N–H and O–H groups in total. The maximum Gasteiger partial charge on any atom is 0.125 e. The van der Waals surface area contributed by atoms with Crippen LogP contribution in [0.25, 0.3) is 0 Å². The van der Waals surface area contributed by atoms with E-state index >= 15 is 0 Å². The normalized spacial score (nSPS) is 10.4. The number of benzene rings is 1. The molecule has 16 heavy (non-hydrogen) atoms. The molecule has 1 rings (SSSR count). The average molecular weight is 220 g/mol. The van der Waals surface area contributed by atoms with E-state index in [0.29, 0.717) is 0 Å². The summed E-state index contributed by atoms with van der Waals surface area (Å²) >= 11 is 0. The second-order valence-corrected chi connectivity index (χ2v) is 4.37. The van der Waals surface area contributed by atoms with Gasteiger partial charge in [-0.1, -0.05) is 51.3 Å². The van der Waals surface area contributed by atoms with Gasteiger partial charge in [0.05, 0.1) is 6.61 Å². The maximum atomic E-state index is 5.92. The Labute approximate surface area is 99.8 Å². The van der Waals surface area contributed by atoms with E-state index in [1.807, 2.05) is 0 Å². The van der Waals surface area contributed by atoms with Crippen LogP contribution in [0.4, 0.5) is 0 Å². The van der Waals surface area contributed by atoms with E-state index in [9.17, 15) is 0 Å². The number of ether oxygens (including phenoxy) is 1. The lowest BCUT2D eigenvalue weighted by atomic mass is 10.1.